The number of anilines is 1. The van der Waals surface area contributed by atoms with Gasteiger partial charge in [-0.25, -0.2) is 9.67 Å². The summed E-state index contributed by atoms with van der Waals surface area (Å²) in [6.45, 7) is 7.83. The van der Waals surface area contributed by atoms with Crippen LogP contribution in [0.15, 0.2) is 30.3 Å². The molecule has 6 nitrogen and oxygen atoms in total. The second-order valence-electron chi connectivity index (χ2n) is 7.46. The number of hydrogen-bond acceptors (Lipinski definition) is 5. The van der Waals surface area contributed by atoms with Gasteiger partial charge >= 0.3 is 0 Å². The van der Waals surface area contributed by atoms with Crippen LogP contribution in [0.25, 0.3) is 22.3 Å². The smallest absolute Gasteiger partial charge is 0.161 e. The number of phenolic OH excluding ortho intramolecular Hbond substituents is 1. The average molecular weight is 366 g/mol. The summed E-state index contributed by atoms with van der Waals surface area (Å²) in [6.07, 6.45) is 1.98. The first kappa shape index (κ1) is 17.8. The minimum Gasteiger partial charge on any atom is -0.508 e. The number of phenols is 1. The Kier molecular flexibility index (Phi) is 4.74. The van der Waals surface area contributed by atoms with Gasteiger partial charge in [-0.05, 0) is 51.8 Å². The van der Waals surface area contributed by atoms with Crippen molar-refractivity contribution in [2.45, 2.75) is 45.7 Å². The Labute approximate surface area is 159 Å². The van der Waals surface area contributed by atoms with Crippen molar-refractivity contribution in [3.8, 4) is 17.0 Å². The van der Waals surface area contributed by atoms with Crippen molar-refractivity contribution < 1.29 is 9.84 Å². The highest BCUT2D eigenvalue weighted by molar-refractivity contribution is 5.94. The van der Waals surface area contributed by atoms with Gasteiger partial charge in [0.2, 0.25) is 0 Å². The fraction of sp³-hybridized carbons (Fsp3) is 0.429. The van der Waals surface area contributed by atoms with Gasteiger partial charge in [0, 0.05) is 36.5 Å². The molecule has 1 saturated heterocycles. The molecule has 0 saturated carbocycles. The lowest BCUT2D eigenvalue weighted by molar-refractivity contribution is 0.0905. The molecule has 0 radical (unpaired) electrons. The number of benzene rings is 1. The third-order valence-corrected chi connectivity index (χ3v) is 5.05. The molecule has 4 rings (SSSR count). The van der Waals surface area contributed by atoms with E-state index in [2.05, 4.69) is 25.2 Å². The van der Waals surface area contributed by atoms with E-state index in [-0.39, 0.29) is 11.8 Å². The molecule has 0 unspecified atom stereocenters. The molecule has 2 aromatic heterocycles. The first-order valence-electron chi connectivity index (χ1n) is 9.56. The van der Waals surface area contributed by atoms with Gasteiger partial charge in [0.25, 0.3) is 0 Å². The van der Waals surface area contributed by atoms with E-state index in [1.165, 1.54) is 0 Å². The van der Waals surface area contributed by atoms with Crippen molar-refractivity contribution in [2.24, 2.45) is 0 Å². The number of hydrogen-bond donors (Lipinski definition) is 2. The molecule has 1 aliphatic rings. The zero-order valence-corrected chi connectivity index (χ0v) is 16.1. The fourth-order valence-electron chi connectivity index (χ4n) is 3.66. The fourth-order valence-corrected chi connectivity index (χ4v) is 3.66. The van der Waals surface area contributed by atoms with Crippen LogP contribution in [0.1, 0.15) is 38.4 Å². The van der Waals surface area contributed by atoms with Gasteiger partial charge in [-0.3, -0.25) is 0 Å². The number of nitrogens with one attached hydrogen (secondary N) is 1. The van der Waals surface area contributed by atoms with E-state index in [0.717, 1.165) is 59.7 Å². The molecular formula is C21H26N4O2. The number of nitrogens with zero attached hydrogens (tertiary/aromatic N) is 3. The molecule has 142 valence electrons. The molecule has 3 heterocycles. The Morgan fingerprint density at radius 2 is 2.00 bits per heavy atom. The standard InChI is InChI=1S/C21H26N4O2/c1-13(2)25-21-20(14(3)24-25)19(22-16-7-9-27-10-8-16)12-18(23-21)15-5-4-6-17(26)11-15/h4-6,11-13,16,26H,7-10H2,1-3H3,(H,22,23). The minimum absolute atomic E-state index is 0.212. The maximum Gasteiger partial charge on any atom is 0.161 e. The molecule has 0 amide bonds. The summed E-state index contributed by atoms with van der Waals surface area (Å²) in [5.41, 5.74) is 4.62. The van der Waals surface area contributed by atoms with Gasteiger partial charge in [0.15, 0.2) is 5.65 Å². The van der Waals surface area contributed by atoms with Crippen LogP contribution in [-0.4, -0.2) is 39.1 Å². The van der Waals surface area contributed by atoms with Gasteiger partial charge in [0.1, 0.15) is 5.75 Å². The van der Waals surface area contributed by atoms with Crippen LogP contribution in [0.4, 0.5) is 5.69 Å². The Balaban J connectivity index is 1.87. The van der Waals surface area contributed by atoms with Crippen molar-refractivity contribution in [1.82, 2.24) is 14.8 Å². The van der Waals surface area contributed by atoms with E-state index in [4.69, 9.17) is 14.8 Å². The number of aromatic hydroxyl groups is 1. The maximum atomic E-state index is 9.89. The van der Waals surface area contributed by atoms with Crippen LogP contribution in [0.2, 0.25) is 0 Å². The molecule has 0 atom stereocenters. The summed E-state index contributed by atoms with van der Waals surface area (Å²) in [5, 5.41) is 19.4. The number of aryl methyl sites for hydroxylation is 1. The van der Waals surface area contributed by atoms with E-state index in [9.17, 15) is 5.11 Å². The van der Waals surface area contributed by atoms with Gasteiger partial charge in [-0.1, -0.05) is 12.1 Å². The third-order valence-electron chi connectivity index (χ3n) is 5.05. The van der Waals surface area contributed by atoms with Crippen LogP contribution in [-0.2, 0) is 4.74 Å². The van der Waals surface area contributed by atoms with E-state index in [0.29, 0.717) is 6.04 Å². The van der Waals surface area contributed by atoms with Crippen molar-refractivity contribution >= 4 is 16.7 Å². The zero-order chi connectivity index (χ0) is 19.0. The second kappa shape index (κ2) is 7.19. The largest absolute Gasteiger partial charge is 0.508 e. The van der Waals surface area contributed by atoms with Crippen LogP contribution in [0.3, 0.4) is 0 Å². The van der Waals surface area contributed by atoms with Gasteiger partial charge in [0.05, 0.1) is 16.8 Å². The topological polar surface area (TPSA) is 72.2 Å². The Morgan fingerprint density at radius 3 is 2.70 bits per heavy atom. The van der Waals surface area contributed by atoms with Gasteiger partial charge in [-0.15, -0.1) is 0 Å². The lowest BCUT2D eigenvalue weighted by atomic mass is 10.1. The Hall–Kier alpha value is -2.60. The first-order valence-corrected chi connectivity index (χ1v) is 9.56. The maximum absolute atomic E-state index is 9.89. The second-order valence-corrected chi connectivity index (χ2v) is 7.46. The van der Waals surface area contributed by atoms with Gasteiger partial charge < -0.3 is 15.2 Å². The molecule has 1 aromatic carbocycles. The summed E-state index contributed by atoms with van der Waals surface area (Å²) >= 11 is 0. The number of fused-ring (bicyclic) bond motifs is 1. The summed E-state index contributed by atoms with van der Waals surface area (Å²) in [7, 11) is 0. The molecule has 0 bridgehead atoms. The molecule has 27 heavy (non-hydrogen) atoms. The minimum atomic E-state index is 0.212. The molecule has 0 aliphatic carbocycles. The predicted molar refractivity (Wildman–Crippen MR) is 107 cm³/mol. The van der Waals surface area contributed by atoms with E-state index in [1.807, 2.05) is 23.7 Å². The van der Waals surface area contributed by atoms with Gasteiger partial charge in [-0.2, -0.15) is 5.10 Å². The first-order chi connectivity index (χ1) is 13.0. The lowest BCUT2D eigenvalue weighted by Crippen LogP contribution is -2.28. The zero-order valence-electron chi connectivity index (χ0n) is 16.1. The monoisotopic (exact) mass is 366 g/mol. The summed E-state index contributed by atoms with van der Waals surface area (Å²) in [4.78, 5) is 4.91. The number of aromatic nitrogens is 3. The molecule has 0 spiro atoms. The quantitative estimate of drug-likeness (QED) is 0.721. The van der Waals surface area contributed by atoms with Crippen LogP contribution < -0.4 is 5.32 Å². The molecule has 6 heteroatoms. The van der Waals surface area contributed by atoms with Crippen LogP contribution in [0, 0.1) is 6.92 Å². The molecule has 2 N–H and O–H groups in total. The van der Waals surface area contributed by atoms with E-state index in [1.54, 1.807) is 12.1 Å². The van der Waals surface area contributed by atoms with Crippen molar-refractivity contribution in [1.29, 1.82) is 0 Å². The Bertz CT molecular complexity index is 958. The molecular weight excluding hydrogens is 340 g/mol. The highest BCUT2D eigenvalue weighted by Crippen LogP contribution is 2.33. The molecule has 3 aromatic rings. The number of pyridine rings is 1. The van der Waals surface area contributed by atoms with Crippen molar-refractivity contribution in [3.05, 3.63) is 36.0 Å². The summed E-state index contributed by atoms with van der Waals surface area (Å²) < 4.78 is 7.47. The lowest BCUT2D eigenvalue weighted by Gasteiger charge is -2.25. The average Bonchev–Trinajstić information content (AvgIpc) is 3.00. The highest BCUT2D eigenvalue weighted by atomic mass is 16.5. The van der Waals surface area contributed by atoms with E-state index >= 15 is 0 Å². The van der Waals surface area contributed by atoms with Crippen LogP contribution >= 0.6 is 0 Å². The van der Waals surface area contributed by atoms with Crippen molar-refractivity contribution in [2.75, 3.05) is 18.5 Å². The summed E-state index contributed by atoms with van der Waals surface area (Å²) in [5.74, 6) is 0.238. The number of ether oxygens (including phenoxy) is 1. The Morgan fingerprint density at radius 1 is 1.22 bits per heavy atom. The third kappa shape index (κ3) is 3.49. The SMILES string of the molecule is Cc1nn(C(C)C)c2nc(-c3cccc(O)c3)cc(NC3CCOCC3)c12. The van der Waals surface area contributed by atoms with E-state index < -0.39 is 0 Å². The van der Waals surface area contributed by atoms with Crippen LogP contribution in [0.5, 0.6) is 5.75 Å². The highest BCUT2D eigenvalue weighted by Gasteiger charge is 2.20. The predicted octanol–water partition coefficient (Wildman–Crippen LogP) is 4.28. The molecule has 1 aliphatic heterocycles. The summed E-state index contributed by atoms with van der Waals surface area (Å²) in [6, 6.07) is 9.89. The van der Waals surface area contributed by atoms with Crippen molar-refractivity contribution in [3.63, 3.8) is 0 Å². The normalized spacial score (nSPS) is 15.6. The molecule has 1 fully saturated rings. The number of rotatable bonds is 4.